The molecule has 2 aromatic heterocycles. The number of aromatic nitrogens is 1. The maximum Gasteiger partial charge on any atom is 0.220 e. The van der Waals surface area contributed by atoms with Gasteiger partial charge in [0.05, 0.1) is 19.8 Å². The van der Waals surface area contributed by atoms with Crippen molar-refractivity contribution in [1.29, 1.82) is 0 Å². The van der Waals surface area contributed by atoms with Crippen molar-refractivity contribution < 1.29 is 13.9 Å². The lowest BCUT2D eigenvalue weighted by Gasteiger charge is -2.26. The summed E-state index contributed by atoms with van der Waals surface area (Å²) in [6.07, 6.45) is 4.02. The summed E-state index contributed by atoms with van der Waals surface area (Å²) in [6, 6.07) is 7.88. The highest BCUT2D eigenvalue weighted by Crippen LogP contribution is 2.44. The van der Waals surface area contributed by atoms with E-state index < -0.39 is 0 Å². The van der Waals surface area contributed by atoms with Gasteiger partial charge >= 0.3 is 0 Å². The first-order chi connectivity index (χ1) is 12.6. The van der Waals surface area contributed by atoms with Crippen molar-refractivity contribution in [2.45, 2.75) is 26.4 Å². The summed E-state index contributed by atoms with van der Waals surface area (Å²) >= 11 is 0. The number of furan rings is 1. The van der Waals surface area contributed by atoms with Crippen molar-refractivity contribution >= 4 is 5.91 Å². The fourth-order valence-corrected chi connectivity index (χ4v) is 4.19. The summed E-state index contributed by atoms with van der Waals surface area (Å²) in [5.74, 6) is 2.41. The van der Waals surface area contributed by atoms with E-state index in [1.165, 1.54) is 0 Å². The van der Waals surface area contributed by atoms with Crippen LogP contribution in [0.15, 0.2) is 41.1 Å². The number of amides is 1. The second-order valence-electron chi connectivity index (χ2n) is 7.57. The zero-order chi connectivity index (χ0) is 18.0. The lowest BCUT2D eigenvalue weighted by Crippen LogP contribution is -2.37. The van der Waals surface area contributed by atoms with E-state index in [0.717, 1.165) is 43.3 Å². The SMILES string of the molecule is Cc1ccc(CN2C[C@@H]3COC[C@]3(CC(=O)NCc3cccnc3)C2)o1. The van der Waals surface area contributed by atoms with Crippen LogP contribution in [-0.2, 0) is 22.6 Å². The number of hydrogen-bond donors (Lipinski definition) is 1. The standard InChI is InChI=1S/C20H25N3O3/c1-15-4-5-18(26-15)11-23-10-17-12-25-14-20(17,13-23)7-19(24)22-9-16-3-2-6-21-8-16/h2-6,8,17H,7,9-14H2,1H3,(H,22,24)/t17-,20+/m1/s1. The number of nitrogens with one attached hydrogen (secondary N) is 1. The number of likely N-dealkylation sites (tertiary alicyclic amines) is 1. The number of carbonyl (C=O) groups excluding carboxylic acids is 1. The van der Waals surface area contributed by atoms with Crippen LogP contribution in [0.2, 0.25) is 0 Å². The molecule has 2 aliphatic rings. The lowest BCUT2D eigenvalue weighted by molar-refractivity contribution is -0.123. The number of hydrogen-bond acceptors (Lipinski definition) is 5. The first-order valence-corrected chi connectivity index (χ1v) is 9.14. The average molecular weight is 355 g/mol. The van der Waals surface area contributed by atoms with Gasteiger partial charge in [-0.2, -0.15) is 0 Å². The molecular weight excluding hydrogens is 330 g/mol. The molecule has 0 bridgehead atoms. The molecule has 26 heavy (non-hydrogen) atoms. The summed E-state index contributed by atoms with van der Waals surface area (Å²) < 4.78 is 11.5. The normalized spacial score (nSPS) is 25.3. The van der Waals surface area contributed by atoms with Gasteiger partial charge in [0.25, 0.3) is 0 Å². The van der Waals surface area contributed by atoms with E-state index in [0.29, 0.717) is 25.5 Å². The molecule has 6 heteroatoms. The highest BCUT2D eigenvalue weighted by molar-refractivity contribution is 5.77. The van der Waals surface area contributed by atoms with E-state index in [1.54, 1.807) is 12.4 Å². The molecule has 0 spiro atoms. The summed E-state index contributed by atoms with van der Waals surface area (Å²) in [7, 11) is 0. The Bertz CT molecular complexity index is 761. The summed E-state index contributed by atoms with van der Waals surface area (Å²) in [4.78, 5) is 19.0. The van der Waals surface area contributed by atoms with Gasteiger partial charge in [0.1, 0.15) is 11.5 Å². The third kappa shape index (κ3) is 3.66. The fraction of sp³-hybridized carbons (Fsp3) is 0.500. The lowest BCUT2D eigenvalue weighted by atomic mass is 9.78. The molecule has 0 saturated carbocycles. The van der Waals surface area contributed by atoms with E-state index >= 15 is 0 Å². The molecule has 1 N–H and O–H groups in total. The maximum atomic E-state index is 12.6. The van der Waals surface area contributed by atoms with Gasteiger partial charge in [-0.25, -0.2) is 0 Å². The van der Waals surface area contributed by atoms with E-state index in [-0.39, 0.29) is 11.3 Å². The van der Waals surface area contributed by atoms with Crippen molar-refractivity contribution in [2.75, 3.05) is 26.3 Å². The van der Waals surface area contributed by atoms with Crippen LogP contribution in [-0.4, -0.2) is 42.1 Å². The Balaban J connectivity index is 1.35. The number of ether oxygens (including phenoxy) is 1. The van der Waals surface area contributed by atoms with Gasteiger partial charge in [-0.05, 0) is 30.7 Å². The average Bonchev–Trinajstić information content (AvgIpc) is 3.28. The topological polar surface area (TPSA) is 67.6 Å². The second kappa shape index (κ2) is 7.21. The third-order valence-electron chi connectivity index (χ3n) is 5.49. The number of rotatable bonds is 6. The van der Waals surface area contributed by atoms with Gasteiger partial charge in [-0.15, -0.1) is 0 Å². The summed E-state index contributed by atoms with van der Waals surface area (Å²) in [6.45, 7) is 6.50. The minimum atomic E-state index is -0.0827. The molecule has 0 unspecified atom stereocenters. The Hall–Kier alpha value is -2.18. The molecule has 1 amide bonds. The van der Waals surface area contributed by atoms with E-state index in [4.69, 9.17) is 9.15 Å². The van der Waals surface area contributed by atoms with Gasteiger partial charge in [0.2, 0.25) is 5.91 Å². The van der Waals surface area contributed by atoms with Gasteiger partial charge in [0.15, 0.2) is 0 Å². The van der Waals surface area contributed by atoms with Gasteiger partial charge in [-0.1, -0.05) is 6.07 Å². The minimum absolute atomic E-state index is 0.0827. The number of pyridine rings is 1. The largest absolute Gasteiger partial charge is 0.465 e. The van der Waals surface area contributed by atoms with Gasteiger partial charge < -0.3 is 14.5 Å². The zero-order valence-electron chi connectivity index (χ0n) is 15.1. The monoisotopic (exact) mass is 355 g/mol. The van der Waals surface area contributed by atoms with Crippen LogP contribution in [0.5, 0.6) is 0 Å². The van der Waals surface area contributed by atoms with Crippen LogP contribution in [0.4, 0.5) is 0 Å². The molecule has 0 aromatic carbocycles. The van der Waals surface area contributed by atoms with E-state index in [1.807, 2.05) is 31.2 Å². The van der Waals surface area contributed by atoms with Crippen molar-refractivity contribution in [1.82, 2.24) is 15.2 Å². The van der Waals surface area contributed by atoms with Gasteiger partial charge in [-0.3, -0.25) is 14.7 Å². The summed E-state index contributed by atoms with van der Waals surface area (Å²) in [5, 5.41) is 3.03. The number of fused-ring (bicyclic) bond motifs is 1. The molecular formula is C20H25N3O3. The molecule has 2 aromatic rings. The maximum absolute atomic E-state index is 12.6. The molecule has 6 nitrogen and oxygen atoms in total. The smallest absolute Gasteiger partial charge is 0.220 e. The second-order valence-corrected chi connectivity index (χ2v) is 7.57. The zero-order valence-corrected chi connectivity index (χ0v) is 15.1. The van der Waals surface area contributed by atoms with Crippen molar-refractivity contribution in [2.24, 2.45) is 11.3 Å². The predicted octanol–water partition coefficient (Wildman–Crippen LogP) is 2.14. The van der Waals surface area contributed by atoms with Crippen LogP contribution in [0.1, 0.15) is 23.5 Å². The molecule has 4 rings (SSSR count). The number of carbonyl (C=O) groups is 1. The predicted molar refractivity (Wildman–Crippen MR) is 96.2 cm³/mol. The molecule has 2 fully saturated rings. The fourth-order valence-electron chi connectivity index (χ4n) is 4.19. The Morgan fingerprint density at radius 2 is 2.35 bits per heavy atom. The van der Waals surface area contributed by atoms with Crippen LogP contribution in [0.3, 0.4) is 0 Å². The van der Waals surface area contributed by atoms with Crippen LogP contribution in [0, 0.1) is 18.3 Å². The Morgan fingerprint density at radius 1 is 1.42 bits per heavy atom. The van der Waals surface area contributed by atoms with Gasteiger partial charge in [0, 0.05) is 49.8 Å². The van der Waals surface area contributed by atoms with Crippen LogP contribution in [0.25, 0.3) is 0 Å². The molecule has 138 valence electrons. The van der Waals surface area contributed by atoms with Crippen LogP contribution < -0.4 is 5.32 Å². The number of nitrogens with zero attached hydrogens (tertiary/aromatic N) is 2. The first kappa shape index (κ1) is 17.2. The minimum Gasteiger partial charge on any atom is -0.465 e. The number of aryl methyl sites for hydroxylation is 1. The molecule has 4 heterocycles. The Morgan fingerprint density at radius 3 is 3.12 bits per heavy atom. The van der Waals surface area contributed by atoms with Crippen molar-refractivity contribution in [3.8, 4) is 0 Å². The van der Waals surface area contributed by atoms with E-state index in [9.17, 15) is 4.79 Å². The Labute approximate surface area is 153 Å². The quantitative estimate of drug-likeness (QED) is 0.860. The van der Waals surface area contributed by atoms with Crippen molar-refractivity contribution in [3.63, 3.8) is 0 Å². The molecule has 0 radical (unpaired) electrons. The first-order valence-electron chi connectivity index (χ1n) is 9.14. The molecule has 0 aliphatic carbocycles. The molecule has 2 aliphatic heterocycles. The van der Waals surface area contributed by atoms with Crippen LogP contribution >= 0.6 is 0 Å². The molecule has 2 saturated heterocycles. The highest BCUT2D eigenvalue weighted by atomic mass is 16.5. The Kier molecular flexibility index (Phi) is 4.78. The highest BCUT2D eigenvalue weighted by Gasteiger charge is 2.51. The summed E-state index contributed by atoms with van der Waals surface area (Å²) in [5.41, 5.74) is 0.930. The molecule has 2 atom stereocenters. The van der Waals surface area contributed by atoms with Crippen molar-refractivity contribution in [3.05, 3.63) is 53.7 Å². The van der Waals surface area contributed by atoms with E-state index in [2.05, 4.69) is 15.2 Å². The third-order valence-corrected chi connectivity index (χ3v) is 5.49.